The van der Waals surface area contributed by atoms with Crippen LogP contribution in [0.1, 0.15) is 32.3 Å². The lowest BCUT2D eigenvalue weighted by molar-refractivity contribution is 0.535. The highest BCUT2D eigenvalue weighted by Crippen LogP contribution is 2.30. The predicted molar refractivity (Wildman–Crippen MR) is 88.9 cm³/mol. The van der Waals surface area contributed by atoms with E-state index in [4.69, 9.17) is 0 Å². The zero-order chi connectivity index (χ0) is 15.0. The number of nitrogens with zero attached hydrogens (tertiary/aromatic N) is 1. The third-order valence-electron chi connectivity index (χ3n) is 3.97. The van der Waals surface area contributed by atoms with Crippen molar-refractivity contribution in [1.29, 1.82) is 0 Å². The molecule has 0 amide bonds. The topological polar surface area (TPSA) is 45.8 Å². The van der Waals surface area contributed by atoms with Crippen molar-refractivity contribution in [3.63, 3.8) is 0 Å². The molecule has 0 aliphatic heterocycles. The zero-order valence-electron chi connectivity index (χ0n) is 12.4. The molecule has 3 rings (SSSR count). The van der Waals surface area contributed by atoms with Crippen LogP contribution >= 0.6 is 11.3 Å². The minimum Gasteiger partial charge on any atom is -0.312 e. The quantitative estimate of drug-likeness (QED) is 0.778. The average Bonchev–Trinajstić information content (AvgIpc) is 2.89. The van der Waals surface area contributed by atoms with Gasteiger partial charge in [-0.15, -0.1) is 0 Å². The van der Waals surface area contributed by atoms with E-state index in [0.717, 1.165) is 20.9 Å². The number of rotatable bonds is 3. The van der Waals surface area contributed by atoms with Crippen LogP contribution in [0.4, 0.5) is 0 Å². The number of pyridine rings is 1. The number of fused-ring (bicyclic) bond motifs is 1. The number of aromatic nitrogens is 2. The fraction of sp³-hybridized carbons (Fsp3) is 0.294. The number of H-pyrrole nitrogens is 1. The van der Waals surface area contributed by atoms with Gasteiger partial charge in [-0.3, -0.25) is 4.79 Å². The van der Waals surface area contributed by atoms with Gasteiger partial charge in [-0.1, -0.05) is 56.4 Å². The molecule has 0 spiro atoms. The summed E-state index contributed by atoms with van der Waals surface area (Å²) >= 11 is 1.52. The minimum atomic E-state index is -0.0844. The van der Waals surface area contributed by atoms with Crippen LogP contribution in [0.5, 0.6) is 0 Å². The summed E-state index contributed by atoms with van der Waals surface area (Å²) in [6, 6.07) is 11.9. The summed E-state index contributed by atoms with van der Waals surface area (Å²) < 4.78 is 0. The third-order valence-corrected chi connectivity index (χ3v) is 5.00. The summed E-state index contributed by atoms with van der Waals surface area (Å²) in [7, 11) is 0. The summed E-state index contributed by atoms with van der Waals surface area (Å²) in [4.78, 5) is 19.6. The lowest BCUT2D eigenvalue weighted by Gasteiger charge is -2.15. The van der Waals surface area contributed by atoms with Crippen LogP contribution in [0.2, 0.25) is 0 Å². The molecule has 108 valence electrons. The van der Waals surface area contributed by atoms with E-state index in [9.17, 15) is 4.79 Å². The maximum atomic E-state index is 11.3. The lowest BCUT2D eigenvalue weighted by Crippen LogP contribution is -2.01. The maximum absolute atomic E-state index is 11.3. The maximum Gasteiger partial charge on any atom is 0.249 e. The van der Waals surface area contributed by atoms with Gasteiger partial charge in [-0.05, 0) is 23.5 Å². The molecule has 3 aromatic rings. The normalized spacial score (nSPS) is 13.0. The second-order valence-electron chi connectivity index (χ2n) is 5.71. The fourth-order valence-electron chi connectivity index (χ4n) is 2.28. The van der Waals surface area contributed by atoms with Crippen LogP contribution in [-0.2, 0) is 0 Å². The molecule has 0 aliphatic carbocycles. The second kappa shape index (κ2) is 5.45. The van der Waals surface area contributed by atoms with Crippen molar-refractivity contribution in [2.24, 2.45) is 5.92 Å². The summed E-state index contributed by atoms with van der Waals surface area (Å²) in [5.41, 5.74) is 3.20. The largest absolute Gasteiger partial charge is 0.312 e. The van der Waals surface area contributed by atoms with Crippen molar-refractivity contribution in [2.75, 3.05) is 0 Å². The van der Waals surface area contributed by atoms with Gasteiger partial charge in [-0.25, -0.2) is 4.98 Å². The number of thiazole rings is 1. The Hall–Kier alpha value is -1.94. The number of benzene rings is 1. The van der Waals surface area contributed by atoms with Crippen LogP contribution in [0, 0.1) is 5.92 Å². The lowest BCUT2D eigenvalue weighted by atomic mass is 9.90. The second-order valence-corrected chi connectivity index (χ2v) is 6.71. The number of hydrogen-bond acceptors (Lipinski definition) is 3. The van der Waals surface area contributed by atoms with Gasteiger partial charge in [0, 0.05) is 11.6 Å². The van der Waals surface area contributed by atoms with E-state index in [1.807, 2.05) is 0 Å². The molecule has 1 aromatic carbocycles. The Labute approximate surface area is 127 Å². The van der Waals surface area contributed by atoms with Crippen LogP contribution in [0.15, 0.2) is 41.2 Å². The predicted octanol–water partition coefficient (Wildman–Crippen LogP) is 4.41. The highest BCUT2D eigenvalue weighted by atomic mass is 32.1. The Kier molecular flexibility index (Phi) is 3.64. The number of nitrogens with one attached hydrogen (secondary N) is 1. The molecule has 0 fully saturated rings. The standard InChI is InChI=1S/C17H18N2OS/c1-10(2)11(3)12-4-6-13(7-5-12)16-18-14-8-9-15(20)19-17(14)21-16/h4-11H,1-3H3,(H,19,20). The van der Waals surface area contributed by atoms with E-state index in [1.165, 1.54) is 23.0 Å². The molecule has 0 bridgehead atoms. The Morgan fingerprint density at radius 3 is 2.43 bits per heavy atom. The van der Waals surface area contributed by atoms with Gasteiger partial charge in [0.1, 0.15) is 9.84 Å². The van der Waals surface area contributed by atoms with Gasteiger partial charge in [0.15, 0.2) is 0 Å². The Bertz CT molecular complexity index is 815. The van der Waals surface area contributed by atoms with Crippen molar-refractivity contribution >= 4 is 21.7 Å². The van der Waals surface area contributed by atoms with Gasteiger partial charge in [0.05, 0.1) is 5.52 Å². The first-order chi connectivity index (χ1) is 10.0. The highest BCUT2D eigenvalue weighted by Gasteiger charge is 2.11. The van der Waals surface area contributed by atoms with E-state index in [0.29, 0.717) is 11.8 Å². The van der Waals surface area contributed by atoms with Gasteiger partial charge in [0.2, 0.25) is 5.56 Å². The van der Waals surface area contributed by atoms with E-state index < -0.39 is 0 Å². The van der Waals surface area contributed by atoms with Crippen LogP contribution in [-0.4, -0.2) is 9.97 Å². The first-order valence-corrected chi connectivity index (χ1v) is 7.96. The fourth-order valence-corrected chi connectivity index (χ4v) is 3.24. The minimum absolute atomic E-state index is 0.0844. The molecule has 1 unspecified atom stereocenters. The van der Waals surface area contributed by atoms with Crippen molar-refractivity contribution < 1.29 is 0 Å². The monoisotopic (exact) mass is 298 g/mol. The summed E-state index contributed by atoms with van der Waals surface area (Å²) in [5, 5.41) is 0.940. The molecule has 0 radical (unpaired) electrons. The van der Waals surface area contributed by atoms with Crippen LogP contribution in [0.3, 0.4) is 0 Å². The third kappa shape index (κ3) is 2.76. The SMILES string of the molecule is CC(C)C(C)c1ccc(-c2nc3ccc(=O)[nH]c3s2)cc1. The molecule has 0 saturated heterocycles. The van der Waals surface area contributed by atoms with Crippen molar-refractivity contribution in [3.05, 3.63) is 52.3 Å². The van der Waals surface area contributed by atoms with Gasteiger partial charge >= 0.3 is 0 Å². The first kappa shape index (κ1) is 14.0. The molecule has 0 aliphatic rings. The van der Waals surface area contributed by atoms with E-state index in [2.05, 4.69) is 55.0 Å². The zero-order valence-corrected chi connectivity index (χ0v) is 13.2. The summed E-state index contributed by atoms with van der Waals surface area (Å²) in [5.74, 6) is 1.18. The molecule has 4 heteroatoms. The van der Waals surface area contributed by atoms with Crippen molar-refractivity contribution in [1.82, 2.24) is 9.97 Å². The number of hydrogen-bond donors (Lipinski definition) is 1. The first-order valence-electron chi connectivity index (χ1n) is 7.15. The Balaban J connectivity index is 1.97. The molecule has 2 aromatic heterocycles. The molecule has 1 N–H and O–H groups in total. The molecule has 1 atom stereocenters. The molecule has 21 heavy (non-hydrogen) atoms. The molecular formula is C17H18N2OS. The van der Waals surface area contributed by atoms with Crippen molar-refractivity contribution in [3.8, 4) is 10.6 Å². The van der Waals surface area contributed by atoms with E-state index >= 15 is 0 Å². The molecule has 0 saturated carbocycles. The smallest absolute Gasteiger partial charge is 0.249 e. The summed E-state index contributed by atoms with van der Waals surface area (Å²) in [6.07, 6.45) is 0. The molecular weight excluding hydrogens is 280 g/mol. The molecule has 2 heterocycles. The van der Waals surface area contributed by atoms with Gasteiger partial charge in [0.25, 0.3) is 0 Å². The van der Waals surface area contributed by atoms with E-state index in [-0.39, 0.29) is 5.56 Å². The number of aromatic amines is 1. The van der Waals surface area contributed by atoms with Crippen LogP contribution in [0.25, 0.3) is 20.9 Å². The van der Waals surface area contributed by atoms with Crippen molar-refractivity contribution in [2.45, 2.75) is 26.7 Å². The van der Waals surface area contributed by atoms with E-state index in [1.54, 1.807) is 6.07 Å². The van der Waals surface area contributed by atoms with Gasteiger partial charge < -0.3 is 4.98 Å². The Morgan fingerprint density at radius 1 is 1.05 bits per heavy atom. The Morgan fingerprint density at radius 2 is 1.76 bits per heavy atom. The van der Waals surface area contributed by atoms with Gasteiger partial charge in [-0.2, -0.15) is 0 Å². The van der Waals surface area contributed by atoms with Crippen LogP contribution < -0.4 is 5.56 Å². The summed E-state index contributed by atoms with van der Waals surface area (Å²) in [6.45, 7) is 6.73. The highest BCUT2D eigenvalue weighted by molar-refractivity contribution is 7.21. The average molecular weight is 298 g/mol. The molecule has 3 nitrogen and oxygen atoms in total.